The summed E-state index contributed by atoms with van der Waals surface area (Å²) < 4.78 is 11.2. The number of thioether (sulfide) groups is 1. The van der Waals surface area contributed by atoms with Crippen LogP contribution in [0.3, 0.4) is 0 Å². The van der Waals surface area contributed by atoms with E-state index in [1.54, 1.807) is 19.2 Å². The smallest absolute Gasteiger partial charge is 0.276 e. The van der Waals surface area contributed by atoms with Gasteiger partial charge in [-0.3, -0.25) is 15.1 Å². The average Bonchev–Trinajstić information content (AvgIpc) is 2.86. The second-order valence-corrected chi connectivity index (χ2v) is 8.39. The number of nitrogens with one attached hydrogen (secondary N) is 1. The Morgan fingerprint density at radius 2 is 1.76 bits per heavy atom. The first kappa shape index (κ1) is 21.1. The molecule has 0 saturated carbocycles. The summed E-state index contributed by atoms with van der Waals surface area (Å²) in [6.07, 6.45) is -0.585. The van der Waals surface area contributed by atoms with Crippen LogP contribution in [0.15, 0.2) is 82.9 Å². The molecular formula is C25H22N4O3S. The van der Waals surface area contributed by atoms with Crippen LogP contribution in [-0.2, 0) is 10.5 Å². The van der Waals surface area contributed by atoms with E-state index in [2.05, 4.69) is 5.32 Å². The predicted octanol–water partition coefficient (Wildman–Crippen LogP) is 2.78. The highest BCUT2D eigenvalue weighted by Gasteiger charge is 2.36. The van der Waals surface area contributed by atoms with Crippen molar-refractivity contribution in [3.63, 3.8) is 0 Å². The molecule has 2 aliphatic rings. The third-order valence-electron chi connectivity index (χ3n) is 5.45. The maximum Gasteiger partial charge on any atom is 0.276 e. The normalized spacial score (nSPS) is 16.7. The molecule has 3 aromatic rings. The Hall–Kier alpha value is -3.78. The summed E-state index contributed by atoms with van der Waals surface area (Å²) in [5.74, 6) is 1.63. The maximum absolute atomic E-state index is 13.3. The van der Waals surface area contributed by atoms with E-state index in [0.29, 0.717) is 28.1 Å². The minimum Gasteiger partial charge on any atom is -0.493 e. The van der Waals surface area contributed by atoms with E-state index in [9.17, 15) is 4.79 Å². The molecule has 0 aliphatic carbocycles. The lowest BCUT2D eigenvalue weighted by Gasteiger charge is -2.34. The summed E-state index contributed by atoms with van der Waals surface area (Å²) in [6.45, 7) is 0. The van der Waals surface area contributed by atoms with Crippen LogP contribution in [0.1, 0.15) is 17.3 Å². The molecule has 1 N–H and O–H groups in total. The molecule has 33 heavy (non-hydrogen) atoms. The molecule has 0 bridgehead atoms. The van der Waals surface area contributed by atoms with Gasteiger partial charge >= 0.3 is 0 Å². The number of hydrazone groups is 1. The zero-order valence-corrected chi connectivity index (χ0v) is 19.0. The molecule has 1 atom stereocenters. The molecule has 0 fully saturated rings. The van der Waals surface area contributed by atoms with Crippen molar-refractivity contribution in [1.29, 1.82) is 0 Å². The molecule has 2 heterocycles. The number of amides is 1. The predicted molar refractivity (Wildman–Crippen MR) is 128 cm³/mol. The number of amidine groups is 1. The van der Waals surface area contributed by atoms with Crippen LogP contribution < -0.4 is 25.4 Å². The summed E-state index contributed by atoms with van der Waals surface area (Å²) >= 11 is 1.47. The number of carbonyl (C=O) groups is 1. The highest BCUT2D eigenvalue weighted by Crippen LogP contribution is 2.40. The number of hydrogen-bond donors (Lipinski definition) is 1. The van der Waals surface area contributed by atoms with E-state index >= 15 is 0 Å². The fraction of sp³-hybridized carbons (Fsp3) is 0.160. The van der Waals surface area contributed by atoms with Gasteiger partial charge in [-0.1, -0.05) is 72.4 Å². The molecule has 5 rings (SSSR count). The molecule has 0 spiro atoms. The topological polar surface area (TPSA) is 75.5 Å². The Kier molecular flexibility index (Phi) is 5.75. The Bertz CT molecular complexity index is 1360. The molecule has 0 radical (unpaired) electrons. The molecule has 166 valence electrons. The monoisotopic (exact) mass is 458 g/mol. The zero-order valence-electron chi connectivity index (χ0n) is 18.2. The minimum atomic E-state index is -0.585. The van der Waals surface area contributed by atoms with E-state index in [1.165, 1.54) is 11.8 Å². The first-order valence-electron chi connectivity index (χ1n) is 10.4. The van der Waals surface area contributed by atoms with Crippen molar-refractivity contribution < 1.29 is 14.3 Å². The summed E-state index contributed by atoms with van der Waals surface area (Å²) in [5.41, 5.74) is 2.36. The van der Waals surface area contributed by atoms with E-state index < -0.39 is 6.17 Å². The van der Waals surface area contributed by atoms with Gasteiger partial charge in [-0.25, -0.2) is 5.01 Å². The fourth-order valence-corrected chi connectivity index (χ4v) is 4.74. The lowest BCUT2D eigenvalue weighted by Crippen LogP contribution is -2.50. The molecule has 0 aromatic heterocycles. The van der Waals surface area contributed by atoms with Gasteiger partial charge in [0.1, 0.15) is 5.70 Å². The summed E-state index contributed by atoms with van der Waals surface area (Å²) in [4.78, 5) is 18.2. The number of nitrogens with zero attached hydrogens (tertiary/aromatic N) is 3. The van der Waals surface area contributed by atoms with Crippen molar-refractivity contribution in [1.82, 2.24) is 10.3 Å². The number of carbonyl (C=O) groups excluding carboxylic acids is 1. The second-order valence-electron chi connectivity index (χ2n) is 7.43. The molecular weight excluding hydrogens is 436 g/mol. The van der Waals surface area contributed by atoms with Crippen LogP contribution in [0, 0.1) is 0 Å². The molecule has 7 nitrogen and oxygen atoms in total. The maximum atomic E-state index is 13.3. The summed E-state index contributed by atoms with van der Waals surface area (Å²) in [6, 6.07) is 23.3. The number of methoxy groups -OCH3 is 2. The Morgan fingerprint density at radius 1 is 0.970 bits per heavy atom. The Morgan fingerprint density at radius 3 is 2.55 bits per heavy atom. The van der Waals surface area contributed by atoms with Crippen LogP contribution in [0.25, 0.3) is 5.70 Å². The van der Waals surface area contributed by atoms with Crippen molar-refractivity contribution in [2.45, 2.75) is 11.9 Å². The largest absolute Gasteiger partial charge is 0.493 e. The van der Waals surface area contributed by atoms with E-state index in [4.69, 9.17) is 19.6 Å². The van der Waals surface area contributed by atoms with Gasteiger partial charge in [-0.05, 0) is 17.7 Å². The highest BCUT2D eigenvalue weighted by molar-refractivity contribution is 8.13. The van der Waals surface area contributed by atoms with Crippen molar-refractivity contribution in [2.75, 3.05) is 14.2 Å². The van der Waals surface area contributed by atoms with E-state index in [-0.39, 0.29) is 5.91 Å². The number of rotatable bonds is 5. The van der Waals surface area contributed by atoms with Crippen molar-refractivity contribution >= 4 is 28.5 Å². The number of para-hydroxylation sites is 2. The molecule has 2 aliphatic heterocycles. The quantitative estimate of drug-likeness (QED) is 0.636. The summed E-state index contributed by atoms with van der Waals surface area (Å²) in [7, 11) is 3.19. The number of ether oxygens (including phenoxy) is 2. The van der Waals surface area contributed by atoms with Crippen LogP contribution in [0.5, 0.6) is 11.5 Å². The third-order valence-corrected chi connectivity index (χ3v) is 6.38. The van der Waals surface area contributed by atoms with Gasteiger partial charge in [0.25, 0.3) is 5.91 Å². The minimum absolute atomic E-state index is 0.213. The number of fused-ring (bicyclic) bond motifs is 2. The summed E-state index contributed by atoms with van der Waals surface area (Å²) in [5, 5.41) is 11.4. The first-order chi connectivity index (χ1) is 16.2. The third kappa shape index (κ3) is 3.93. The van der Waals surface area contributed by atoms with Crippen LogP contribution in [0.2, 0.25) is 0 Å². The van der Waals surface area contributed by atoms with Crippen LogP contribution in [-0.4, -0.2) is 30.3 Å². The van der Waals surface area contributed by atoms with Gasteiger partial charge in [0.05, 0.1) is 19.6 Å². The SMILES string of the molecule is COc1cccc(C2N=c3ccccc3=C3C(=O)NC(SCc4ccccc4)=NN32)c1OC. The highest BCUT2D eigenvalue weighted by atomic mass is 32.2. The van der Waals surface area contributed by atoms with Crippen molar-refractivity contribution in [2.24, 2.45) is 10.1 Å². The van der Waals surface area contributed by atoms with Gasteiger partial charge in [-0.2, -0.15) is 0 Å². The van der Waals surface area contributed by atoms with Gasteiger partial charge < -0.3 is 9.47 Å². The molecule has 8 heteroatoms. The van der Waals surface area contributed by atoms with Gasteiger partial charge in [0, 0.05) is 16.5 Å². The van der Waals surface area contributed by atoms with Crippen LogP contribution in [0.4, 0.5) is 0 Å². The lowest BCUT2D eigenvalue weighted by atomic mass is 10.1. The first-order valence-corrected chi connectivity index (χ1v) is 11.4. The van der Waals surface area contributed by atoms with E-state index in [0.717, 1.165) is 21.7 Å². The molecule has 1 amide bonds. The second kappa shape index (κ2) is 8.99. The number of benzene rings is 3. The number of hydrogen-bond acceptors (Lipinski definition) is 7. The van der Waals surface area contributed by atoms with Crippen molar-refractivity contribution in [3.8, 4) is 11.5 Å². The van der Waals surface area contributed by atoms with Crippen molar-refractivity contribution in [3.05, 3.63) is 94.5 Å². The molecule has 0 saturated heterocycles. The van der Waals surface area contributed by atoms with Gasteiger partial charge in [-0.15, -0.1) is 5.10 Å². The Labute approximate surface area is 195 Å². The standard InChI is InChI=1S/C25H22N4O3S/c1-31-20-14-8-12-18(22(20)32-2)23-26-19-13-7-6-11-17(19)21-24(30)27-25(28-29(21)23)33-15-16-9-4-3-5-10-16/h3-14,23H,15H2,1-2H3,(H,27,28,30). The van der Waals surface area contributed by atoms with Gasteiger partial charge in [0.15, 0.2) is 22.8 Å². The van der Waals surface area contributed by atoms with E-state index in [1.807, 2.05) is 72.8 Å². The van der Waals surface area contributed by atoms with Gasteiger partial charge in [0.2, 0.25) is 0 Å². The lowest BCUT2D eigenvalue weighted by molar-refractivity contribution is -0.116. The average molecular weight is 459 g/mol. The molecule has 3 aromatic carbocycles. The molecule has 1 unspecified atom stereocenters. The zero-order chi connectivity index (χ0) is 22.8. The fourth-order valence-electron chi connectivity index (χ4n) is 3.94. The Balaban J connectivity index is 1.62. The van der Waals surface area contributed by atoms with Crippen LogP contribution >= 0.6 is 11.8 Å².